The van der Waals surface area contributed by atoms with Gasteiger partial charge in [-0.05, 0) is 30.3 Å². The highest BCUT2D eigenvalue weighted by Crippen LogP contribution is 2.29. The predicted octanol–water partition coefficient (Wildman–Crippen LogP) is 1.64. The Bertz CT molecular complexity index is 1120. The summed E-state index contributed by atoms with van der Waals surface area (Å²) in [6, 6.07) is 7.79. The number of morpholine rings is 2. The highest BCUT2D eigenvalue weighted by molar-refractivity contribution is 7.89. The lowest BCUT2D eigenvalue weighted by Crippen LogP contribution is -2.41. The summed E-state index contributed by atoms with van der Waals surface area (Å²) in [4.78, 5) is 27.4. The summed E-state index contributed by atoms with van der Waals surface area (Å²) in [7, 11) is -2.49. The van der Waals surface area contributed by atoms with E-state index in [1.165, 1.54) is 23.5 Å². The van der Waals surface area contributed by atoms with Crippen molar-refractivity contribution in [3.63, 3.8) is 0 Å². The second-order valence-electron chi connectivity index (χ2n) is 7.40. The standard InChI is InChI=1S/C21H25N3O7S2/c1-29-21(26)18-4-5-19(32-18)22-20(25)16-14-15(33(27,28)24-8-12-31-13-9-24)2-3-17(16)23-6-10-30-11-7-23/h2-5,14H,6-13H2,1H3,(H,22,25). The van der Waals surface area contributed by atoms with Gasteiger partial charge < -0.3 is 24.4 Å². The second kappa shape index (κ2) is 10.2. The summed E-state index contributed by atoms with van der Waals surface area (Å²) in [6.45, 7) is 3.40. The zero-order chi connectivity index (χ0) is 23.4. The normalized spacial score (nSPS) is 17.5. The summed E-state index contributed by atoms with van der Waals surface area (Å²) in [6.07, 6.45) is 0. The SMILES string of the molecule is COC(=O)c1ccc(NC(=O)c2cc(S(=O)(=O)N3CCOCC3)ccc2N2CCOCC2)s1. The van der Waals surface area contributed by atoms with Gasteiger partial charge in [0, 0.05) is 31.9 Å². The number of hydrogen-bond donors (Lipinski definition) is 1. The number of rotatable bonds is 6. The van der Waals surface area contributed by atoms with Gasteiger partial charge in [0.1, 0.15) is 4.88 Å². The Morgan fingerprint density at radius 3 is 2.33 bits per heavy atom. The third kappa shape index (κ3) is 5.20. The Labute approximate surface area is 196 Å². The monoisotopic (exact) mass is 495 g/mol. The Balaban J connectivity index is 1.66. The van der Waals surface area contributed by atoms with Gasteiger partial charge >= 0.3 is 5.97 Å². The molecule has 2 aromatic rings. The molecule has 2 aliphatic rings. The Kier molecular flexibility index (Phi) is 7.29. The number of carbonyl (C=O) groups excluding carboxylic acids is 2. The Morgan fingerprint density at radius 2 is 1.67 bits per heavy atom. The Morgan fingerprint density at radius 1 is 1.00 bits per heavy atom. The molecule has 0 atom stereocenters. The lowest BCUT2D eigenvalue weighted by molar-refractivity contribution is 0.0606. The van der Waals surface area contributed by atoms with Crippen LogP contribution in [0.4, 0.5) is 10.7 Å². The second-order valence-corrected chi connectivity index (χ2v) is 10.4. The molecule has 2 aliphatic heterocycles. The van der Waals surface area contributed by atoms with Gasteiger partial charge in [-0.25, -0.2) is 13.2 Å². The average molecular weight is 496 g/mol. The van der Waals surface area contributed by atoms with Gasteiger partial charge in [-0.15, -0.1) is 11.3 Å². The number of nitrogens with zero attached hydrogens (tertiary/aromatic N) is 2. The van der Waals surface area contributed by atoms with E-state index in [2.05, 4.69) is 5.32 Å². The van der Waals surface area contributed by atoms with Crippen LogP contribution in [0.1, 0.15) is 20.0 Å². The molecule has 1 aromatic carbocycles. The lowest BCUT2D eigenvalue weighted by Gasteiger charge is -2.31. The number of ether oxygens (including phenoxy) is 3. The van der Waals surface area contributed by atoms with Gasteiger partial charge in [0.2, 0.25) is 10.0 Å². The van der Waals surface area contributed by atoms with Crippen molar-refractivity contribution in [2.75, 3.05) is 69.9 Å². The number of sulfonamides is 1. The van der Waals surface area contributed by atoms with E-state index >= 15 is 0 Å². The molecule has 178 valence electrons. The number of esters is 1. The summed E-state index contributed by atoms with van der Waals surface area (Å²) < 4.78 is 43.1. The molecule has 0 spiro atoms. The fourth-order valence-electron chi connectivity index (χ4n) is 3.67. The third-order valence-corrected chi connectivity index (χ3v) is 8.28. The first-order valence-electron chi connectivity index (χ1n) is 10.4. The summed E-state index contributed by atoms with van der Waals surface area (Å²) in [5.74, 6) is -0.957. The fraction of sp³-hybridized carbons (Fsp3) is 0.429. The summed E-state index contributed by atoms with van der Waals surface area (Å²) >= 11 is 1.08. The third-order valence-electron chi connectivity index (χ3n) is 5.40. The van der Waals surface area contributed by atoms with Crippen LogP contribution in [-0.4, -0.2) is 84.3 Å². The van der Waals surface area contributed by atoms with Crippen molar-refractivity contribution < 1.29 is 32.2 Å². The molecular formula is C21H25N3O7S2. The van der Waals surface area contributed by atoms with Crippen molar-refractivity contribution in [3.8, 4) is 0 Å². The van der Waals surface area contributed by atoms with E-state index in [1.807, 2.05) is 4.90 Å². The molecule has 0 aliphatic carbocycles. The van der Waals surface area contributed by atoms with Crippen molar-refractivity contribution in [1.82, 2.24) is 4.31 Å². The molecule has 33 heavy (non-hydrogen) atoms. The first-order valence-corrected chi connectivity index (χ1v) is 12.7. The van der Waals surface area contributed by atoms with Crippen LogP contribution in [0.5, 0.6) is 0 Å². The van der Waals surface area contributed by atoms with E-state index in [1.54, 1.807) is 18.2 Å². The van der Waals surface area contributed by atoms with Gasteiger partial charge in [0.25, 0.3) is 5.91 Å². The number of methoxy groups -OCH3 is 1. The van der Waals surface area contributed by atoms with Crippen molar-refractivity contribution in [1.29, 1.82) is 0 Å². The van der Waals surface area contributed by atoms with Gasteiger partial charge in [-0.2, -0.15) is 4.31 Å². The Hall–Kier alpha value is -2.51. The number of benzene rings is 1. The molecule has 0 bridgehead atoms. The van der Waals surface area contributed by atoms with Crippen LogP contribution >= 0.6 is 11.3 Å². The lowest BCUT2D eigenvalue weighted by atomic mass is 10.1. The molecule has 0 saturated carbocycles. The fourth-order valence-corrected chi connectivity index (χ4v) is 5.92. The molecule has 0 unspecified atom stereocenters. The molecule has 1 amide bonds. The van der Waals surface area contributed by atoms with Crippen molar-refractivity contribution in [2.45, 2.75) is 4.90 Å². The molecule has 2 fully saturated rings. The van der Waals surface area contributed by atoms with Crippen molar-refractivity contribution >= 4 is 43.9 Å². The van der Waals surface area contributed by atoms with Crippen LogP contribution < -0.4 is 10.2 Å². The van der Waals surface area contributed by atoms with Crippen LogP contribution in [0.3, 0.4) is 0 Å². The topological polar surface area (TPSA) is 114 Å². The quantitative estimate of drug-likeness (QED) is 0.602. The zero-order valence-electron chi connectivity index (χ0n) is 18.1. The molecule has 12 heteroatoms. The van der Waals surface area contributed by atoms with Gasteiger partial charge in [-0.3, -0.25) is 4.79 Å². The molecule has 0 radical (unpaired) electrons. The molecule has 1 aromatic heterocycles. The van der Waals surface area contributed by atoms with E-state index in [-0.39, 0.29) is 23.5 Å². The van der Waals surface area contributed by atoms with E-state index in [4.69, 9.17) is 14.2 Å². The smallest absolute Gasteiger partial charge is 0.348 e. The highest BCUT2D eigenvalue weighted by Gasteiger charge is 2.29. The minimum Gasteiger partial charge on any atom is -0.465 e. The van der Waals surface area contributed by atoms with E-state index in [0.717, 1.165) is 11.3 Å². The van der Waals surface area contributed by atoms with Crippen LogP contribution in [0.25, 0.3) is 0 Å². The number of thiophene rings is 1. The first kappa shape index (κ1) is 23.6. The molecule has 1 N–H and O–H groups in total. The zero-order valence-corrected chi connectivity index (χ0v) is 19.7. The largest absolute Gasteiger partial charge is 0.465 e. The van der Waals surface area contributed by atoms with Crippen molar-refractivity contribution in [2.24, 2.45) is 0 Å². The molecular weight excluding hydrogens is 470 g/mol. The number of carbonyl (C=O) groups is 2. The van der Waals surface area contributed by atoms with Crippen LogP contribution in [0.2, 0.25) is 0 Å². The molecule has 10 nitrogen and oxygen atoms in total. The minimum atomic E-state index is -3.78. The summed E-state index contributed by atoms with van der Waals surface area (Å²) in [5, 5.41) is 3.23. The predicted molar refractivity (Wildman–Crippen MR) is 123 cm³/mol. The molecule has 2 saturated heterocycles. The minimum absolute atomic E-state index is 0.0491. The first-order chi connectivity index (χ1) is 15.9. The van der Waals surface area contributed by atoms with Gasteiger partial charge in [0.05, 0.1) is 49.0 Å². The number of amides is 1. The highest BCUT2D eigenvalue weighted by atomic mass is 32.2. The maximum absolute atomic E-state index is 13.3. The number of nitrogens with one attached hydrogen (secondary N) is 1. The van der Waals surface area contributed by atoms with Gasteiger partial charge in [-0.1, -0.05) is 0 Å². The maximum Gasteiger partial charge on any atom is 0.348 e. The van der Waals surface area contributed by atoms with Crippen molar-refractivity contribution in [3.05, 3.63) is 40.8 Å². The average Bonchev–Trinajstić information content (AvgIpc) is 3.32. The van der Waals surface area contributed by atoms with Crippen LogP contribution in [0.15, 0.2) is 35.2 Å². The van der Waals surface area contributed by atoms with Crippen LogP contribution in [-0.2, 0) is 24.2 Å². The van der Waals surface area contributed by atoms with Crippen LogP contribution in [0, 0.1) is 0 Å². The maximum atomic E-state index is 13.3. The van der Waals surface area contributed by atoms with E-state index in [0.29, 0.717) is 55.1 Å². The van der Waals surface area contributed by atoms with Gasteiger partial charge in [0.15, 0.2) is 0 Å². The molecule has 4 rings (SSSR count). The number of hydrogen-bond acceptors (Lipinski definition) is 9. The molecule has 3 heterocycles. The number of anilines is 2. The van der Waals surface area contributed by atoms with E-state index < -0.39 is 21.9 Å². The van der Waals surface area contributed by atoms with E-state index in [9.17, 15) is 18.0 Å². The summed E-state index contributed by atoms with van der Waals surface area (Å²) in [5.41, 5.74) is 0.862.